The smallest absolute Gasteiger partial charge is 0.147 e. The molecule has 3 rings (SSSR count). The second-order valence-electron chi connectivity index (χ2n) is 5.51. The average molecular weight is 271 g/mol. The number of aryl methyl sites for hydroxylation is 2. The van der Waals surface area contributed by atoms with Gasteiger partial charge in [-0.1, -0.05) is 18.2 Å². The minimum Gasteiger partial charge on any atom is -0.329 e. The number of hydrogen-bond acceptors (Lipinski definition) is 4. The number of nitrogens with two attached hydrogens (primary N) is 1. The lowest BCUT2D eigenvalue weighted by atomic mass is 9.99. The van der Waals surface area contributed by atoms with E-state index in [1.807, 2.05) is 0 Å². The molecule has 1 aromatic carbocycles. The maximum Gasteiger partial charge on any atom is 0.147 e. The van der Waals surface area contributed by atoms with Crippen LogP contribution in [0.4, 0.5) is 0 Å². The van der Waals surface area contributed by atoms with Crippen molar-refractivity contribution in [1.29, 1.82) is 0 Å². The fourth-order valence-corrected chi connectivity index (χ4v) is 2.82. The molecule has 0 radical (unpaired) electrons. The van der Waals surface area contributed by atoms with Crippen molar-refractivity contribution in [3.8, 4) is 0 Å². The van der Waals surface area contributed by atoms with Gasteiger partial charge in [-0.05, 0) is 30.5 Å². The molecule has 1 aliphatic heterocycles. The zero-order chi connectivity index (χ0) is 14.1. The van der Waals surface area contributed by atoms with E-state index >= 15 is 0 Å². The van der Waals surface area contributed by atoms with Crippen molar-refractivity contribution >= 4 is 0 Å². The molecule has 0 amide bonds. The monoisotopic (exact) mass is 271 g/mol. The van der Waals surface area contributed by atoms with Crippen LogP contribution in [0.1, 0.15) is 28.6 Å². The summed E-state index contributed by atoms with van der Waals surface area (Å²) in [6, 6.07) is 6.88. The van der Waals surface area contributed by atoms with Gasteiger partial charge in [0.15, 0.2) is 0 Å². The summed E-state index contributed by atoms with van der Waals surface area (Å²) in [5.74, 6) is 1.03. The molecule has 106 valence electrons. The molecule has 0 saturated carbocycles. The standard InChI is InChI=1S/C15H21N5/c1-11-3-4-13(7-12(11)2)14(8-16)19-5-6-20-10-17-18-15(20)9-19/h3-4,7,10,14H,5-6,8-9,16H2,1-2H3. The highest BCUT2D eigenvalue weighted by atomic mass is 15.3. The predicted octanol–water partition coefficient (Wildman–Crippen LogP) is 1.41. The number of benzene rings is 1. The Kier molecular flexibility index (Phi) is 3.54. The van der Waals surface area contributed by atoms with E-state index in [2.05, 4.69) is 51.7 Å². The lowest BCUT2D eigenvalue weighted by Gasteiger charge is -2.34. The molecule has 20 heavy (non-hydrogen) atoms. The highest BCUT2D eigenvalue weighted by Gasteiger charge is 2.25. The van der Waals surface area contributed by atoms with Crippen LogP contribution in [0.3, 0.4) is 0 Å². The fraction of sp³-hybridized carbons (Fsp3) is 0.467. The van der Waals surface area contributed by atoms with Crippen molar-refractivity contribution in [3.05, 3.63) is 47.0 Å². The van der Waals surface area contributed by atoms with Crippen molar-refractivity contribution < 1.29 is 0 Å². The van der Waals surface area contributed by atoms with E-state index in [0.717, 1.165) is 25.5 Å². The predicted molar refractivity (Wildman–Crippen MR) is 78.1 cm³/mol. The van der Waals surface area contributed by atoms with Gasteiger partial charge in [-0.2, -0.15) is 0 Å². The van der Waals surface area contributed by atoms with Gasteiger partial charge in [-0.25, -0.2) is 0 Å². The number of nitrogens with zero attached hydrogens (tertiary/aromatic N) is 4. The van der Waals surface area contributed by atoms with Gasteiger partial charge in [0.25, 0.3) is 0 Å². The van der Waals surface area contributed by atoms with Gasteiger partial charge in [0.1, 0.15) is 12.2 Å². The first-order valence-electron chi connectivity index (χ1n) is 7.07. The second-order valence-corrected chi connectivity index (χ2v) is 5.51. The molecule has 0 fully saturated rings. The maximum atomic E-state index is 6.03. The minimum atomic E-state index is 0.250. The molecule has 0 aliphatic carbocycles. The zero-order valence-corrected chi connectivity index (χ0v) is 12.1. The summed E-state index contributed by atoms with van der Waals surface area (Å²) in [5, 5.41) is 8.16. The third kappa shape index (κ3) is 2.34. The summed E-state index contributed by atoms with van der Waals surface area (Å²) in [7, 11) is 0. The van der Waals surface area contributed by atoms with Crippen LogP contribution in [0.25, 0.3) is 0 Å². The van der Waals surface area contributed by atoms with Gasteiger partial charge in [0.2, 0.25) is 0 Å². The Morgan fingerprint density at radius 2 is 2.10 bits per heavy atom. The molecule has 1 unspecified atom stereocenters. The molecule has 2 aromatic rings. The lowest BCUT2D eigenvalue weighted by molar-refractivity contribution is 0.156. The zero-order valence-electron chi connectivity index (χ0n) is 12.1. The van der Waals surface area contributed by atoms with Crippen LogP contribution in [-0.2, 0) is 13.1 Å². The van der Waals surface area contributed by atoms with E-state index in [9.17, 15) is 0 Å². The van der Waals surface area contributed by atoms with Crippen molar-refractivity contribution in [1.82, 2.24) is 19.7 Å². The maximum absolute atomic E-state index is 6.03. The molecule has 1 aliphatic rings. The molecule has 1 atom stereocenters. The number of hydrogen-bond donors (Lipinski definition) is 1. The van der Waals surface area contributed by atoms with Gasteiger partial charge in [0.05, 0.1) is 6.54 Å². The summed E-state index contributed by atoms with van der Waals surface area (Å²) < 4.78 is 2.12. The summed E-state index contributed by atoms with van der Waals surface area (Å²) >= 11 is 0. The molecular weight excluding hydrogens is 250 g/mol. The third-order valence-corrected chi connectivity index (χ3v) is 4.25. The van der Waals surface area contributed by atoms with Crippen molar-refractivity contribution in [2.24, 2.45) is 5.73 Å². The molecule has 2 heterocycles. The van der Waals surface area contributed by atoms with E-state index in [1.165, 1.54) is 16.7 Å². The molecule has 5 nitrogen and oxygen atoms in total. The summed E-state index contributed by atoms with van der Waals surface area (Å²) in [6.07, 6.45) is 1.81. The van der Waals surface area contributed by atoms with Crippen LogP contribution in [0.5, 0.6) is 0 Å². The Morgan fingerprint density at radius 3 is 2.85 bits per heavy atom. The molecule has 1 aromatic heterocycles. The van der Waals surface area contributed by atoms with Gasteiger partial charge in [-0.15, -0.1) is 10.2 Å². The van der Waals surface area contributed by atoms with Crippen LogP contribution in [0.2, 0.25) is 0 Å². The van der Waals surface area contributed by atoms with Gasteiger partial charge >= 0.3 is 0 Å². The highest BCUT2D eigenvalue weighted by Crippen LogP contribution is 2.25. The molecular formula is C15H21N5. The Balaban J connectivity index is 1.85. The van der Waals surface area contributed by atoms with Crippen molar-refractivity contribution in [2.75, 3.05) is 13.1 Å². The number of aromatic nitrogens is 3. The number of rotatable bonds is 3. The van der Waals surface area contributed by atoms with Crippen LogP contribution < -0.4 is 5.73 Å². The lowest BCUT2D eigenvalue weighted by Crippen LogP contribution is -2.39. The quantitative estimate of drug-likeness (QED) is 0.917. The third-order valence-electron chi connectivity index (χ3n) is 4.25. The molecule has 2 N–H and O–H groups in total. The van der Waals surface area contributed by atoms with E-state index < -0.39 is 0 Å². The molecule has 0 spiro atoms. The van der Waals surface area contributed by atoms with E-state index in [4.69, 9.17) is 5.73 Å². The SMILES string of the molecule is Cc1ccc(C(CN)N2CCn3cnnc3C2)cc1C. The summed E-state index contributed by atoms with van der Waals surface area (Å²) in [5.41, 5.74) is 9.97. The van der Waals surface area contributed by atoms with Crippen molar-refractivity contribution in [3.63, 3.8) is 0 Å². The second kappa shape index (κ2) is 5.34. The van der Waals surface area contributed by atoms with E-state index in [0.29, 0.717) is 6.54 Å². The Hall–Kier alpha value is -1.72. The van der Waals surface area contributed by atoms with Gasteiger partial charge < -0.3 is 10.3 Å². The normalized spacial score (nSPS) is 16.9. The molecule has 0 saturated heterocycles. The van der Waals surface area contributed by atoms with Crippen LogP contribution in [0, 0.1) is 13.8 Å². The molecule has 5 heteroatoms. The van der Waals surface area contributed by atoms with E-state index in [-0.39, 0.29) is 6.04 Å². The fourth-order valence-electron chi connectivity index (χ4n) is 2.82. The van der Waals surface area contributed by atoms with Crippen LogP contribution in [0.15, 0.2) is 24.5 Å². The van der Waals surface area contributed by atoms with Gasteiger partial charge in [-0.3, -0.25) is 4.90 Å². The first-order chi connectivity index (χ1) is 9.69. The minimum absolute atomic E-state index is 0.250. The summed E-state index contributed by atoms with van der Waals surface area (Å²) in [4.78, 5) is 2.40. The largest absolute Gasteiger partial charge is 0.329 e. The first kappa shape index (κ1) is 13.3. The van der Waals surface area contributed by atoms with Crippen LogP contribution >= 0.6 is 0 Å². The Morgan fingerprint density at radius 1 is 1.25 bits per heavy atom. The topological polar surface area (TPSA) is 60.0 Å². The Labute approximate surface area is 119 Å². The number of fused-ring (bicyclic) bond motifs is 1. The summed E-state index contributed by atoms with van der Waals surface area (Å²) in [6.45, 7) is 7.65. The Bertz CT molecular complexity index is 604. The molecule has 0 bridgehead atoms. The average Bonchev–Trinajstić information content (AvgIpc) is 2.91. The van der Waals surface area contributed by atoms with Crippen molar-refractivity contribution in [2.45, 2.75) is 33.0 Å². The van der Waals surface area contributed by atoms with E-state index in [1.54, 1.807) is 6.33 Å². The highest BCUT2D eigenvalue weighted by molar-refractivity contribution is 5.32. The van der Waals surface area contributed by atoms with Crippen LogP contribution in [-0.4, -0.2) is 32.8 Å². The first-order valence-corrected chi connectivity index (χ1v) is 7.07. The van der Waals surface area contributed by atoms with Gasteiger partial charge in [0, 0.05) is 25.7 Å².